The molecular formula is C15H20FNO3. The molecule has 0 spiro atoms. The van der Waals surface area contributed by atoms with Crippen LogP contribution in [0.3, 0.4) is 0 Å². The van der Waals surface area contributed by atoms with Crippen molar-refractivity contribution in [3.05, 3.63) is 29.6 Å². The Morgan fingerprint density at radius 2 is 2.30 bits per heavy atom. The number of halogens is 1. The van der Waals surface area contributed by atoms with Crippen molar-refractivity contribution in [1.29, 1.82) is 0 Å². The van der Waals surface area contributed by atoms with Crippen molar-refractivity contribution in [2.45, 2.75) is 19.4 Å². The summed E-state index contributed by atoms with van der Waals surface area (Å²) >= 11 is 0. The number of ether oxygens (including phenoxy) is 2. The molecule has 0 radical (unpaired) electrons. The number of hydrogen-bond acceptors (Lipinski definition) is 4. The van der Waals surface area contributed by atoms with E-state index in [-0.39, 0.29) is 29.1 Å². The fraction of sp³-hybridized carbons (Fsp3) is 0.533. The lowest BCUT2D eigenvalue weighted by Gasteiger charge is -2.18. The van der Waals surface area contributed by atoms with Gasteiger partial charge in [0.2, 0.25) is 0 Å². The summed E-state index contributed by atoms with van der Waals surface area (Å²) in [6, 6.07) is 4.58. The van der Waals surface area contributed by atoms with Crippen LogP contribution in [0.2, 0.25) is 0 Å². The number of Topliss-reactive ketones (excluding diaryl/α,β-unsaturated/α-hetero) is 1. The smallest absolute Gasteiger partial charge is 0.175 e. The van der Waals surface area contributed by atoms with Gasteiger partial charge in [-0.15, -0.1) is 0 Å². The Labute approximate surface area is 118 Å². The molecule has 1 N–H and O–H groups in total. The molecule has 1 fully saturated rings. The number of nitrogens with one attached hydrogen (secondary N) is 1. The average molecular weight is 281 g/mol. The Bertz CT molecular complexity index is 478. The van der Waals surface area contributed by atoms with Crippen molar-refractivity contribution < 1.29 is 18.7 Å². The molecule has 1 aromatic rings. The second-order valence-electron chi connectivity index (χ2n) is 4.89. The molecule has 2 unspecified atom stereocenters. The number of methoxy groups -OCH3 is 1. The average Bonchev–Trinajstić information content (AvgIpc) is 2.93. The minimum Gasteiger partial charge on any atom is -0.494 e. The van der Waals surface area contributed by atoms with E-state index < -0.39 is 5.82 Å². The standard InChI is InChI=1S/C15H20FNO3/c1-3-7-17-12-9-20-8-11(12)15(18)10-5-4-6-13(19-2)14(10)16/h4-6,11-12,17H,3,7-9H2,1-2H3. The van der Waals surface area contributed by atoms with Gasteiger partial charge in [-0.05, 0) is 25.1 Å². The highest BCUT2D eigenvalue weighted by molar-refractivity contribution is 5.99. The van der Waals surface area contributed by atoms with Crippen LogP contribution in [0.4, 0.5) is 4.39 Å². The van der Waals surface area contributed by atoms with E-state index in [0.717, 1.165) is 13.0 Å². The van der Waals surface area contributed by atoms with Gasteiger partial charge in [0.05, 0.1) is 31.8 Å². The van der Waals surface area contributed by atoms with Gasteiger partial charge >= 0.3 is 0 Å². The zero-order valence-electron chi connectivity index (χ0n) is 11.8. The highest BCUT2D eigenvalue weighted by Crippen LogP contribution is 2.25. The molecule has 0 amide bonds. The Morgan fingerprint density at radius 1 is 1.50 bits per heavy atom. The van der Waals surface area contributed by atoms with E-state index >= 15 is 0 Å². The van der Waals surface area contributed by atoms with Crippen LogP contribution in [0.5, 0.6) is 5.75 Å². The first kappa shape index (κ1) is 14.9. The predicted molar refractivity (Wildman–Crippen MR) is 73.7 cm³/mol. The quantitative estimate of drug-likeness (QED) is 0.811. The number of ketones is 1. The zero-order chi connectivity index (χ0) is 14.5. The largest absolute Gasteiger partial charge is 0.494 e. The van der Waals surface area contributed by atoms with Crippen molar-refractivity contribution in [3.8, 4) is 5.75 Å². The van der Waals surface area contributed by atoms with Crippen LogP contribution in [-0.2, 0) is 4.74 Å². The van der Waals surface area contributed by atoms with Crippen molar-refractivity contribution in [1.82, 2.24) is 5.32 Å². The molecule has 1 heterocycles. The number of carbonyl (C=O) groups excluding carboxylic acids is 1. The lowest BCUT2D eigenvalue weighted by Crippen LogP contribution is -2.39. The molecule has 2 rings (SSSR count). The summed E-state index contributed by atoms with van der Waals surface area (Å²) in [7, 11) is 1.39. The first-order valence-corrected chi connectivity index (χ1v) is 6.86. The Morgan fingerprint density at radius 3 is 3.00 bits per heavy atom. The molecule has 1 saturated heterocycles. The molecule has 1 aliphatic heterocycles. The molecule has 4 nitrogen and oxygen atoms in total. The van der Waals surface area contributed by atoms with Gasteiger partial charge in [-0.3, -0.25) is 4.79 Å². The van der Waals surface area contributed by atoms with E-state index in [4.69, 9.17) is 9.47 Å². The summed E-state index contributed by atoms with van der Waals surface area (Å²) < 4.78 is 24.4. The minimum atomic E-state index is -0.596. The SMILES string of the molecule is CCCNC1COCC1C(=O)c1cccc(OC)c1F. The summed E-state index contributed by atoms with van der Waals surface area (Å²) in [6.45, 7) is 3.69. The second kappa shape index (κ2) is 6.81. The highest BCUT2D eigenvalue weighted by atomic mass is 19.1. The summed E-state index contributed by atoms with van der Waals surface area (Å²) in [5, 5.41) is 3.28. The van der Waals surface area contributed by atoms with E-state index in [1.54, 1.807) is 6.07 Å². The van der Waals surface area contributed by atoms with Crippen molar-refractivity contribution >= 4 is 5.78 Å². The summed E-state index contributed by atoms with van der Waals surface area (Å²) in [5.41, 5.74) is 0.0724. The third-order valence-electron chi connectivity index (χ3n) is 3.52. The van der Waals surface area contributed by atoms with E-state index in [9.17, 15) is 9.18 Å². The van der Waals surface area contributed by atoms with Gasteiger partial charge in [0.1, 0.15) is 0 Å². The Kier molecular flexibility index (Phi) is 5.09. The van der Waals surface area contributed by atoms with Crippen LogP contribution >= 0.6 is 0 Å². The van der Waals surface area contributed by atoms with Crippen LogP contribution in [0.25, 0.3) is 0 Å². The van der Waals surface area contributed by atoms with E-state index in [2.05, 4.69) is 12.2 Å². The molecule has 1 aliphatic rings. The molecule has 0 aromatic heterocycles. The zero-order valence-corrected chi connectivity index (χ0v) is 11.8. The molecule has 1 aromatic carbocycles. The maximum atomic E-state index is 14.1. The molecule has 2 atom stereocenters. The van der Waals surface area contributed by atoms with E-state index in [0.29, 0.717) is 13.2 Å². The topological polar surface area (TPSA) is 47.6 Å². The molecule has 110 valence electrons. The Hall–Kier alpha value is -1.46. The van der Waals surface area contributed by atoms with E-state index in [1.165, 1.54) is 19.2 Å². The summed E-state index contributed by atoms with van der Waals surface area (Å²) in [4.78, 5) is 12.5. The first-order chi connectivity index (χ1) is 9.69. The monoisotopic (exact) mass is 281 g/mol. The number of benzene rings is 1. The number of rotatable bonds is 6. The highest BCUT2D eigenvalue weighted by Gasteiger charge is 2.35. The second-order valence-corrected chi connectivity index (χ2v) is 4.89. The van der Waals surface area contributed by atoms with Gasteiger partial charge in [0.15, 0.2) is 17.3 Å². The van der Waals surface area contributed by atoms with Crippen molar-refractivity contribution in [3.63, 3.8) is 0 Å². The van der Waals surface area contributed by atoms with E-state index in [1.807, 2.05) is 0 Å². The normalized spacial score (nSPS) is 21.9. The first-order valence-electron chi connectivity index (χ1n) is 6.86. The molecule has 5 heteroatoms. The van der Waals surface area contributed by atoms with Gasteiger partial charge in [0.25, 0.3) is 0 Å². The third kappa shape index (κ3) is 2.99. The third-order valence-corrected chi connectivity index (χ3v) is 3.52. The maximum absolute atomic E-state index is 14.1. The van der Waals surface area contributed by atoms with Gasteiger partial charge in [-0.1, -0.05) is 13.0 Å². The lowest BCUT2D eigenvalue weighted by atomic mass is 9.93. The molecular weight excluding hydrogens is 261 g/mol. The van der Waals surface area contributed by atoms with Crippen LogP contribution in [0.15, 0.2) is 18.2 Å². The van der Waals surface area contributed by atoms with Gasteiger partial charge in [0, 0.05) is 6.04 Å². The van der Waals surface area contributed by atoms with Crippen LogP contribution in [0.1, 0.15) is 23.7 Å². The lowest BCUT2D eigenvalue weighted by molar-refractivity contribution is 0.0886. The van der Waals surface area contributed by atoms with Crippen LogP contribution in [-0.4, -0.2) is 38.7 Å². The van der Waals surface area contributed by atoms with Gasteiger partial charge in [-0.2, -0.15) is 0 Å². The summed E-state index contributed by atoms with van der Waals surface area (Å²) in [6.07, 6.45) is 0.977. The molecule has 0 aliphatic carbocycles. The summed E-state index contributed by atoms with van der Waals surface area (Å²) in [5.74, 6) is -1.08. The Balaban J connectivity index is 2.18. The van der Waals surface area contributed by atoms with Crippen molar-refractivity contribution in [2.75, 3.05) is 26.9 Å². The van der Waals surface area contributed by atoms with Crippen LogP contribution < -0.4 is 10.1 Å². The predicted octanol–water partition coefficient (Wildman–Crippen LogP) is 2.03. The van der Waals surface area contributed by atoms with Crippen molar-refractivity contribution in [2.24, 2.45) is 5.92 Å². The van der Waals surface area contributed by atoms with Crippen LogP contribution in [0, 0.1) is 11.7 Å². The molecule has 0 saturated carbocycles. The van der Waals surface area contributed by atoms with Gasteiger partial charge < -0.3 is 14.8 Å². The maximum Gasteiger partial charge on any atom is 0.175 e. The molecule has 0 bridgehead atoms. The minimum absolute atomic E-state index is 0.0481. The molecule has 20 heavy (non-hydrogen) atoms. The number of carbonyl (C=O) groups is 1. The number of hydrogen-bond donors (Lipinski definition) is 1. The fourth-order valence-electron chi connectivity index (χ4n) is 2.40. The fourth-order valence-corrected chi connectivity index (χ4v) is 2.40. The van der Waals surface area contributed by atoms with Gasteiger partial charge in [-0.25, -0.2) is 4.39 Å².